The Labute approximate surface area is 187 Å². The van der Waals surface area contributed by atoms with Crippen molar-refractivity contribution in [2.24, 2.45) is 4.40 Å². The summed E-state index contributed by atoms with van der Waals surface area (Å²) in [6.07, 6.45) is 0. The Hall–Kier alpha value is -3.46. The number of nitrogens with one attached hydrogen (secondary N) is 1. The molecule has 4 rings (SSSR count). The minimum absolute atomic E-state index is 0.0149. The van der Waals surface area contributed by atoms with Gasteiger partial charge in [-0.05, 0) is 31.5 Å². The normalized spacial score (nSPS) is 14.0. The number of benzene rings is 2. The molecular weight excluding hydrogens is 426 g/mol. The van der Waals surface area contributed by atoms with Gasteiger partial charge in [-0.2, -0.15) is 13.5 Å². The van der Waals surface area contributed by atoms with Gasteiger partial charge in [0.25, 0.3) is 10.0 Å². The van der Waals surface area contributed by atoms with Crippen molar-refractivity contribution in [2.75, 3.05) is 13.6 Å². The van der Waals surface area contributed by atoms with Crippen molar-refractivity contribution in [3.05, 3.63) is 82.7 Å². The quantitative estimate of drug-likeness (QED) is 0.620. The monoisotopic (exact) mass is 451 g/mol. The summed E-state index contributed by atoms with van der Waals surface area (Å²) in [5.41, 5.74) is 4.51. The maximum absolute atomic E-state index is 12.6. The van der Waals surface area contributed by atoms with Gasteiger partial charge >= 0.3 is 0 Å². The highest BCUT2D eigenvalue weighted by atomic mass is 32.2. The Balaban J connectivity index is 1.41. The summed E-state index contributed by atoms with van der Waals surface area (Å²) >= 11 is 0. The van der Waals surface area contributed by atoms with Gasteiger partial charge in [0.05, 0.1) is 18.8 Å². The minimum Gasteiger partial charge on any atom is -0.350 e. The van der Waals surface area contributed by atoms with Crippen molar-refractivity contribution < 1.29 is 13.2 Å². The summed E-state index contributed by atoms with van der Waals surface area (Å²) in [6.45, 7) is 4.92. The maximum Gasteiger partial charge on any atom is 0.285 e. The summed E-state index contributed by atoms with van der Waals surface area (Å²) < 4.78 is 30.3. The van der Waals surface area contributed by atoms with Crippen molar-refractivity contribution >= 4 is 21.8 Å². The number of aromatic nitrogens is 2. The van der Waals surface area contributed by atoms with Crippen LogP contribution in [-0.2, 0) is 27.9 Å². The van der Waals surface area contributed by atoms with E-state index in [1.165, 1.54) is 6.07 Å². The van der Waals surface area contributed by atoms with Crippen LogP contribution in [0.5, 0.6) is 0 Å². The van der Waals surface area contributed by atoms with Gasteiger partial charge in [-0.3, -0.25) is 9.48 Å². The van der Waals surface area contributed by atoms with Crippen LogP contribution in [-0.4, -0.2) is 48.4 Å². The Bertz CT molecular complexity index is 1300. The molecule has 0 radical (unpaired) electrons. The van der Waals surface area contributed by atoms with Crippen LogP contribution in [0.4, 0.5) is 0 Å². The Kier molecular flexibility index (Phi) is 5.84. The number of likely N-dealkylation sites (N-methyl/N-ethyl adjacent to an activating group) is 1. The van der Waals surface area contributed by atoms with Crippen LogP contribution in [0.1, 0.15) is 28.1 Å². The van der Waals surface area contributed by atoms with Crippen LogP contribution in [0.2, 0.25) is 0 Å². The number of hydrogen-bond acceptors (Lipinski definition) is 5. The molecule has 166 valence electrons. The molecule has 2 heterocycles. The number of nitrogens with zero attached hydrogens (tertiary/aromatic N) is 4. The molecule has 2 aromatic carbocycles. The average molecular weight is 452 g/mol. The summed E-state index contributed by atoms with van der Waals surface area (Å²) in [7, 11) is -2.06. The number of hydrogen-bond donors (Lipinski definition) is 1. The lowest BCUT2D eigenvalue weighted by Gasteiger charge is -2.18. The molecule has 8 nitrogen and oxygen atoms in total. The third-order valence-corrected chi connectivity index (χ3v) is 6.85. The van der Waals surface area contributed by atoms with Gasteiger partial charge in [0, 0.05) is 30.4 Å². The molecule has 1 aromatic heterocycles. The van der Waals surface area contributed by atoms with Gasteiger partial charge in [0.15, 0.2) is 5.84 Å². The van der Waals surface area contributed by atoms with Crippen LogP contribution < -0.4 is 5.32 Å². The van der Waals surface area contributed by atoms with Gasteiger partial charge in [0.1, 0.15) is 4.90 Å². The largest absolute Gasteiger partial charge is 0.350 e. The van der Waals surface area contributed by atoms with E-state index >= 15 is 0 Å². The second-order valence-electron chi connectivity index (χ2n) is 7.81. The van der Waals surface area contributed by atoms with E-state index in [4.69, 9.17) is 0 Å². The molecule has 3 aromatic rings. The first-order valence-electron chi connectivity index (χ1n) is 10.3. The fourth-order valence-corrected chi connectivity index (χ4v) is 5.05. The highest BCUT2D eigenvalue weighted by Gasteiger charge is 2.30. The first-order chi connectivity index (χ1) is 15.3. The fraction of sp³-hybridized carbons (Fsp3) is 0.261. The van der Waals surface area contributed by atoms with Gasteiger partial charge in [-0.15, -0.1) is 4.40 Å². The second kappa shape index (κ2) is 8.58. The summed E-state index contributed by atoms with van der Waals surface area (Å²) in [6, 6.07) is 16.7. The van der Waals surface area contributed by atoms with Gasteiger partial charge < -0.3 is 10.2 Å². The zero-order valence-electron chi connectivity index (χ0n) is 18.2. The van der Waals surface area contributed by atoms with E-state index in [1.54, 1.807) is 30.1 Å². The molecule has 0 atom stereocenters. The number of rotatable bonds is 6. The van der Waals surface area contributed by atoms with Crippen LogP contribution in [0.3, 0.4) is 0 Å². The highest BCUT2D eigenvalue weighted by molar-refractivity contribution is 7.90. The average Bonchev–Trinajstić information content (AvgIpc) is 3.20. The van der Waals surface area contributed by atoms with E-state index in [0.717, 1.165) is 22.5 Å². The van der Waals surface area contributed by atoms with Crippen molar-refractivity contribution in [1.82, 2.24) is 20.0 Å². The smallest absolute Gasteiger partial charge is 0.285 e. The van der Waals surface area contributed by atoms with E-state index in [1.807, 2.05) is 36.7 Å². The lowest BCUT2D eigenvalue weighted by molar-refractivity contribution is -0.121. The molecule has 0 saturated carbocycles. The molecule has 0 fully saturated rings. The number of sulfonamides is 1. The number of carbonyl (C=O) groups excluding carboxylic acids is 1. The van der Waals surface area contributed by atoms with E-state index in [0.29, 0.717) is 18.7 Å². The molecule has 32 heavy (non-hydrogen) atoms. The van der Waals surface area contributed by atoms with Crippen LogP contribution in [0, 0.1) is 13.8 Å². The zero-order valence-corrected chi connectivity index (χ0v) is 19.1. The second-order valence-corrected chi connectivity index (χ2v) is 9.38. The Morgan fingerprint density at radius 2 is 1.75 bits per heavy atom. The van der Waals surface area contributed by atoms with Gasteiger partial charge in [-0.25, -0.2) is 0 Å². The zero-order chi connectivity index (χ0) is 22.9. The minimum atomic E-state index is -3.72. The molecule has 0 bridgehead atoms. The Morgan fingerprint density at radius 1 is 1.06 bits per heavy atom. The molecule has 0 aliphatic carbocycles. The molecule has 1 amide bonds. The summed E-state index contributed by atoms with van der Waals surface area (Å²) in [5.74, 6) is 0.0466. The third kappa shape index (κ3) is 4.29. The standard InChI is InChI=1S/C23H25N5O3S/c1-16-20(17(2)28(25-16)14-18-9-5-4-6-10-18)13-24-22(29)15-27(3)23-19-11-7-8-12-21(19)32(30,31)26-23/h4-12H,13-15H2,1-3H3,(H,24,29). The molecule has 0 saturated heterocycles. The number of fused-ring (bicyclic) bond motifs is 1. The summed E-state index contributed by atoms with van der Waals surface area (Å²) in [4.78, 5) is 14.3. The van der Waals surface area contributed by atoms with Gasteiger partial charge in [0.2, 0.25) is 5.91 Å². The first kappa shape index (κ1) is 21.8. The van der Waals surface area contributed by atoms with E-state index < -0.39 is 10.0 Å². The predicted octanol–water partition coefficient (Wildman–Crippen LogP) is 2.25. The van der Waals surface area contributed by atoms with Crippen molar-refractivity contribution in [2.45, 2.75) is 31.8 Å². The topological polar surface area (TPSA) is 96.7 Å². The third-order valence-electron chi connectivity index (χ3n) is 5.52. The predicted molar refractivity (Wildman–Crippen MR) is 122 cm³/mol. The SMILES string of the molecule is Cc1nn(Cc2ccccc2)c(C)c1CNC(=O)CN(C)C1=NS(=O)(=O)c2ccccc21. The Morgan fingerprint density at radius 3 is 2.50 bits per heavy atom. The lowest BCUT2D eigenvalue weighted by Crippen LogP contribution is -2.38. The molecule has 1 N–H and O–H groups in total. The van der Waals surface area contributed by atoms with Crippen LogP contribution in [0.15, 0.2) is 63.9 Å². The first-order valence-corrected chi connectivity index (χ1v) is 11.7. The maximum atomic E-state index is 12.6. The van der Waals surface area contributed by atoms with Crippen molar-refractivity contribution in [3.63, 3.8) is 0 Å². The summed E-state index contributed by atoms with van der Waals surface area (Å²) in [5, 5.41) is 7.54. The number of aryl methyl sites for hydroxylation is 1. The number of amides is 1. The molecular formula is C23H25N5O3S. The number of amidine groups is 1. The fourth-order valence-electron chi connectivity index (χ4n) is 3.80. The van der Waals surface area contributed by atoms with Gasteiger partial charge in [-0.1, -0.05) is 42.5 Å². The molecule has 0 unspecified atom stereocenters. The highest BCUT2D eigenvalue weighted by Crippen LogP contribution is 2.26. The lowest BCUT2D eigenvalue weighted by atomic mass is 10.2. The van der Waals surface area contributed by atoms with Crippen LogP contribution >= 0.6 is 0 Å². The van der Waals surface area contributed by atoms with Crippen molar-refractivity contribution in [3.8, 4) is 0 Å². The van der Waals surface area contributed by atoms with Crippen LogP contribution in [0.25, 0.3) is 0 Å². The molecule has 1 aliphatic heterocycles. The van der Waals surface area contributed by atoms with E-state index in [2.05, 4.69) is 26.9 Å². The van der Waals surface area contributed by atoms with E-state index in [9.17, 15) is 13.2 Å². The molecule has 0 spiro atoms. The number of carbonyl (C=O) groups is 1. The van der Waals surface area contributed by atoms with Crippen molar-refractivity contribution in [1.29, 1.82) is 0 Å². The molecule has 9 heteroatoms. The van der Waals surface area contributed by atoms with E-state index in [-0.39, 0.29) is 23.2 Å². The molecule has 1 aliphatic rings.